The molecule has 1 fully saturated rings. The van der Waals surface area contributed by atoms with Gasteiger partial charge in [0, 0.05) is 19.2 Å². The summed E-state index contributed by atoms with van der Waals surface area (Å²) in [5.41, 5.74) is -1.15. The van der Waals surface area contributed by atoms with E-state index in [4.69, 9.17) is 5.11 Å². The molecule has 1 saturated heterocycles. The summed E-state index contributed by atoms with van der Waals surface area (Å²) in [7, 11) is 0. The number of carboxylic acid groups (broad SMARTS) is 1. The van der Waals surface area contributed by atoms with Crippen LogP contribution >= 0.6 is 0 Å². The Hall–Kier alpha value is -2.22. The number of carbonyl (C=O) groups is 2. The maximum absolute atomic E-state index is 13.5. The molecule has 1 heterocycles. The third kappa shape index (κ3) is 2.85. The predicted molar refractivity (Wildman–Crippen MR) is 64.5 cm³/mol. The lowest BCUT2D eigenvalue weighted by Gasteiger charge is -2.17. The Balaban J connectivity index is 2.18. The van der Waals surface area contributed by atoms with E-state index < -0.39 is 41.0 Å². The summed E-state index contributed by atoms with van der Waals surface area (Å²) < 4.78 is 26.7. The van der Waals surface area contributed by atoms with Crippen LogP contribution < -0.4 is 5.32 Å². The summed E-state index contributed by atoms with van der Waals surface area (Å²) in [4.78, 5) is 23.8. The lowest BCUT2D eigenvalue weighted by atomic mass is 10.2. The molecule has 1 aliphatic rings. The molecule has 0 bridgehead atoms. The van der Waals surface area contributed by atoms with Gasteiger partial charge in [-0.1, -0.05) is 0 Å². The molecule has 0 saturated carbocycles. The molecule has 1 aromatic rings. The van der Waals surface area contributed by atoms with E-state index in [1.165, 1.54) is 4.90 Å². The van der Waals surface area contributed by atoms with Crippen LogP contribution in [0.4, 0.5) is 19.3 Å². The van der Waals surface area contributed by atoms with E-state index in [1.54, 1.807) is 0 Å². The zero-order valence-electron chi connectivity index (χ0n) is 10.3. The molecule has 108 valence electrons. The highest BCUT2D eigenvalue weighted by Gasteiger charge is 2.25. The smallest absolute Gasteiger partial charge is 0.338 e. The molecule has 0 aromatic heterocycles. The Kier molecular flexibility index (Phi) is 3.84. The first kappa shape index (κ1) is 14.2. The van der Waals surface area contributed by atoms with Crippen LogP contribution in [0, 0.1) is 11.6 Å². The molecule has 1 atom stereocenters. The van der Waals surface area contributed by atoms with Crippen LogP contribution in [-0.2, 0) is 0 Å². The SMILES string of the molecule is O=C(O)c1cc(NC(=O)N2CCC(O)C2)c(F)cc1F. The molecule has 1 aliphatic heterocycles. The molecule has 20 heavy (non-hydrogen) atoms. The number of halogens is 2. The van der Waals surface area contributed by atoms with Crippen molar-refractivity contribution >= 4 is 17.7 Å². The van der Waals surface area contributed by atoms with Gasteiger partial charge in [-0.2, -0.15) is 0 Å². The van der Waals surface area contributed by atoms with Gasteiger partial charge in [0.25, 0.3) is 0 Å². The number of carbonyl (C=O) groups excluding carboxylic acids is 1. The van der Waals surface area contributed by atoms with Crippen LogP contribution in [0.1, 0.15) is 16.8 Å². The monoisotopic (exact) mass is 286 g/mol. The normalized spacial score (nSPS) is 18.1. The summed E-state index contributed by atoms with van der Waals surface area (Å²) in [6.45, 7) is 0.419. The van der Waals surface area contributed by atoms with Gasteiger partial charge in [0.1, 0.15) is 11.6 Å². The number of hydrogen-bond acceptors (Lipinski definition) is 3. The highest BCUT2D eigenvalue weighted by Crippen LogP contribution is 2.21. The van der Waals surface area contributed by atoms with Gasteiger partial charge in [-0.05, 0) is 12.5 Å². The molecule has 3 N–H and O–H groups in total. The predicted octanol–water partition coefficient (Wildman–Crippen LogP) is 1.26. The van der Waals surface area contributed by atoms with Crippen molar-refractivity contribution in [3.05, 3.63) is 29.3 Å². The number of likely N-dealkylation sites (tertiary alicyclic amines) is 1. The first-order valence-corrected chi connectivity index (χ1v) is 5.85. The Morgan fingerprint density at radius 1 is 1.30 bits per heavy atom. The minimum Gasteiger partial charge on any atom is -0.478 e. The lowest BCUT2D eigenvalue weighted by molar-refractivity contribution is 0.0691. The van der Waals surface area contributed by atoms with Crippen LogP contribution in [0.3, 0.4) is 0 Å². The summed E-state index contributed by atoms with van der Waals surface area (Å²) in [5.74, 6) is -3.85. The van der Waals surface area contributed by atoms with Crippen LogP contribution in [0.2, 0.25) is 0 Å². The highest BCUT2D eigenvalue weighted by molar-refractivity contribution is 5.93. The van der Waals surface area contributed by atoms with E-state index in [2.05, 4.69) is 5.32 Å². The van der Waals surface area contributed by atoms with Gasteiger partial charge >= 0.3 is 12.0 Å². The molecular formula is C12H12F2N2O4. The molecule has 0 spiro atoms. The Labute approximate surface area is 112 Å². The molecule has 6 nitrogen and oxygen atoms in total. The number of amides is 2. The van der Waals surface area contributed by atoms with Crippen molar-refractivity contribution in [1.82, 2.24) is 4.90 Å². The number of benzene rings is 1. The van der Waals surface area contributed by atoms with Crippen LogP contribution in [-0.4, -0.2) is 46.3 Å². The van der Waals surface area contributed by atoms with E-state index in [0.29, 0.717) is 19.0 Å². The van der Waals surface area contributed by atoms with Gasteiger partial charge in [-0.3, -0.25) is 0 Å². The third-order valence-corrected chi connectivity index (χ3v) is 2.98. The Bertz CT molecular complexity index is 565. The van der Waals surface area contributed by atoms with Crippen molar-refractivity contribution in [1.29, 1.82) is 0 Å². The molecule has 0 aliphatic carbocycles. The molecule has 1 aromatic carbocycles. The Morgan fingerprint density at radius 3 is 2.55 bits per heavy atom. The van der Waals surface area contributed by atoms with E-state index in [0.717, 1.165) is 6.07 Å². The number of rotatable bonds is 2. The first-order valence-electron chi connectivity index (χ1n) is 5.85. The van der Waals surface area contributed by atoms with Gasteiger partial charge < -0.3 is 20.4 Å². The number of β-amino-alcohol motifs (C(OH)–C–C–N with tert-alkyl or cyclic N) is 1. The van der Waals surface area contributed by atoms with Gasteiger partial charge in [0.15, 0.2) is 0 Å². The summed E-state index contributed by atoms with van der Waals surface area (Å²) >= 11 is 0. The van der Waals surface area contributed by atoms with Gasteiger partial charge in [0.2, 0.25) is 0 Å². The number of nitrogens with one attached hydrogen (secondary N) is 1. The van der Waals surface area contributed by atoms with Crippen molar-refractivity contribution in [3.8, 4) is 0 Å². The van der Waals surface area contributed by atoms with Crippen LogP contribution in [0.5, 0.6) is 0 Å². The van der Waals surface area contributed by atoms with Gasteiger partial charge in [0.05, 0.1) is 17.4 Å². The fourth-order valence-corrected chi connectivity index (χ4v) is 1.93. The van der Waals surface area contributed by atoms with E-state index >= 15 is 0 Å². The topological polar surface area (TPSA) is 89.9 Å². The fourth-order valence-electron chi connectivity index (χ4n) is 1.93. The van der Waals surface area contributed by atoms with E-state index in [1.807, 2.05) is 0 Å². The number of nitrogens with zero attached hydrogens (tertiary/aromatic N) is 1. The number of hydrogen-bond donors (Lipinski definition) is 3. The number of aliphatic hydroxyl groups excluding tert-OH is 1. The number of aliphatic hydroxyl groups is 1. The average molecular weight is 286 g/mol. The van der Waals surface area contributed by atoms with E-state index in [9.17, 15) is 23.5 Å². The second-order valence-electron chi connectivity index (χ2n) is 4.44. The van der Waals surface area contributed by atoms with Crippen LogP contribution in [0.15, 0.2) is 12.1 Å². The zero-order valence-corrected chi connectivity index (χ0v) is 10.3. The average Bonchev–Trinajstić information content (AvgIpc) is 2.79. The van der Waals surface area contributed by atoms with E-state index in [-0.39, 0.29) is 6.54 Å². The standard InChI is InChI=1S/C12H12F2N2O4/c13-8-4-9(14)10(3-7(8)11(18)19)15-12(20)16-2-1-6(17)5-16/h3-4,6,17H,1-2,5H2,(H,15,20)(H,18,19). The first-order chi connectivity index (χ1) is 9.38. The van der Waals surface area contributed by atoms with Crippen molar-refractivity contribution in [2.45, 2.75) is 12.5 Å². The third-order valence-electron chi connectivity index (χ3n) is 2.98. The number of anilines is 1. The summed E-state index contributed by atoms with van der Waals surface area (Å²) in [6.07, 6.45) is -0.215. The van der Waals surface area contributed by atoms with Gasteiger partial charge in [-0.15, -0.1) is 0 Å². The molecule has 1 unspecified atom stereocenters. The maximum atomic E-state index is 13.5. The van der Waals surface area contributed by atoms with Crippen molar-refractivity contribution in [2.75, 3.05) is 18.4 Å². The summed E-state index contributed by atoms with van der Waals surface area (Å²) in [6, 6.07) is 0.443. The maximum Gasteiger partial charge on any atom is 0.338 e. The number of aromatic carboxylic acids is 1. The molecule has 2 amide bonds. The van der Waals surface area contributed by atoms with Crippen molar-refractivity contribution in [3.63, 3.8) is 0 Å². The number of urea groups is 1. The van der Waals surface area contributed by atoms with Gasteiger partial charge in [-0.25, -0.2) is 18.4 Å². The fraction of sp³-hybridized carbons (Fsp3) is 0.333. The second-order valence-corrected chi connectivity index (χ2v) is 4.44. The largest absolute Gasteiger partial charge is 0.478 e. The summed E-state index contributed by atoms with van der Waals surface area (Å²) in [5, 5.41) is 20.2. The quantitative estimate of drug-likeness (QED) is 0.763. The highest BCUT2D eigenvalue weighted by atomic mass is 19.1. The Morgan fingerprint density at radius 2 is 2.00 bits per heavy atom. The molecule has 0 radical (unpaired) electrons. The van der Waals surface area contributed by atoms with Crippen LogP contribution in [0.25, 0.3) is 0 Å². The lowest BCUT2D eigenvalue weighted by Crippen LogP contribution is -2.34. The minimum atomic E-state index is -1.56. The zero-order chi connectivity index (χ0) is 14.9. The molecule has 2 rings (SSSR count). The van der Waals surface area contributed by atoms with Crippen molar-refractivity contribution < 1.29 is 28.6 Å². The molecular weight excluding hydrogens is 274 g/mol. The molecule has 8 heteroatoms. The number of carboxylic acids is 1. The minimum absolute atomic E-state index is 0.112. The van der Waals surface area contributed by atoms with Crippen molar-refractivity contribution in [2.24, 2.45) is 0 Å². The second kappa shape index (κ2) is 5.41.